The van der Waals surface area contributed by atoms with Crippen LogP contribution in [0.15, 0.2) is 42.6 Å². The van der Waals surface area contributed by atoms with Crippen molar-refractivity contribution in [3.63, 3.8) is 0 Å². The Bertz CT molecular complexity index is 553. The number of nitrogens with zero attached hydrogens (tertiary/aromatic N) is 1. The van der Waals surface area contributed by atoms with Crippen LogP contribution < -0.4 is 5.32 Å². The highest BCUT2D eigenvalue weighted by molar-refractivity contribution is 6.35. The molecule has 0 unspecified atom stereocenters. The van der Waals surface area contributed by atoms with Crippen molar-refractivity contribution in [3.05, 3.63) is 63.9 Å². The Labute approximate surface area is 121 Å². The van der Waals surface area contributed by atoms with Crippen LogP contribution in [-0.4, -0.2) is 17.4 Å². The second-order valence-corrected chi connectivity index (χ2v) is 4.86. The first kappa shape index (κ1) is 13.8. The molecule has 98 valence electrons. The van der Waals surface area contributed by atoms with E-state index in [1.54, 1.807) is 24.4 Å². The zero-order chi connectivity index (χ0) is 13.7. The van der Waals surface area contributed by atoms with Gasteiger partial charge in [-0.15, -0.1) is 0 Å². The van der Waals surface area contributed by atoms with Gasteiger partial charge < -0.3 is 5.32 Å². The third-order valence-corrected chi connectivity index (χ3v) is 2.95. The number of rotatable bonds is 4. The van der Waals surface area contributed by atoms with Crippen LogP contribution in [0.1, 0.15) is 16.1 Å². The molecule has 19 heavy (non-hydrogen) atoms. The van der Waals surface area contributed by atoms with Crippen LogP contribution in [-0.2, 0) is 6.42 Å². The minimum Gasteiger partial charge on any atom is -0.352 e. The van der Waals surface area contributed by atoms with Gasteiger partial charge in [0.25, 0.3) is 5.91 Å². The monoisotopic (exact) mass is 294 g/mol. The van der Waals surface area contributed by atoms with Gasteiger partial charge in [0.15, 0.2) is 0 Å². The van der Waals surface area contributed by atoms with Crippen molar-refractivity contribution in [3.8, 4) is 0 Å². The molecular weight excluding hydrogens is 283 g/mol. The van der Waals surface area contributed by atoms with E-state index in [0.29, 0.717) is 28.6 Å². The van der Waals surface area contributed by atoms with Gasteiger partial charge >= 0.3 is 0 Å². The molecule has 1 N–H and O–H groups in total. The highest BCUT2D eigenvalue weighted by atomic mass is 35.5. The summed E-state index contributed by atoms with van der Waals surface area (Å²) in [6, 6.07) is 10.5. The first-order chi connectivity index (χ1) is 9.15. The van der Waals surface area contributed by atoms with Gasteiger partial charge in [0.2, 0.25) is 0 Å². The van der Waals surface area contributed by atoms with Crippen LogP contribution in [0.3, 0.4) is 0 Å². The summed E-state index contributed by atoms with van der Waals surface area (Å²) in [5.74, 6) is -0.194. The van der Waals surface area contributed by atoms with Crippen molar-refractivity contribution in [2.24, 2.45) is 0 Å². The van der Waals surface area contributed by atoms with E-state index in [-0.39, 0.29) is 5.91 Å². The van der Waals surface area contributed by atoms with Gasteiger partial charge in [-0.1, -0.05) is 29.3 Å². The second-order valence-electron chi connectivity index (χ2n) is 3.99. The molecular formula is C14H12Cl2N2O. The fourth-order valence-electron chi connectivity index (χ4n) is 1.64. The summed E-state index contributed by atoms with van der Waals surface area (Å²) in [4.78, 5) is 16.1. The number of carbonyl (C=O) groups excluding carboxylic acids is 1. The SMILES string of the molecule is O=C(NCCc1ccccn1)c1cc(Cl)cc(Cl)c1. The zero-order valence-corrected chi connectivity index (χ0v) is 11.6. The van der Waals surface area contributed by atoms with Crippen molar-refractivity contribution in [1.29, 1.82) is 0 Å². The number of amides is 1. The van der Waals surface area contributed by atoms with Crippen LogP contribution in [0.2, 0.25) is 10.0 Å². The molecule has 0 aliphatic carbocycles. The van der Waals surface area contributed by atoms with E-state index >= 15 is 0 Å². The van der Waals surface area contributed by atoms with E-state index in [2.05, 4.69) is 10.3 Å². The maximum Gasteiger partial charge on any atom is 0.251 e. The molecule has 0 fully saturated rings. The van der Waals surface area contributed by atoms with Crippen LogP contribution in [0.5, 0.6) is 0 Å². The Balaban J connectivity index is 1.91. The lowest BCUT2D eigenvalue weighted by Gasteiger charge is -2.06. The Kier molecular flexibility index (Phi) is 4.77. The average Bonchev–Trinajstić information content (AvgIpc) is 2.38. The van der Waals surface area contributed by atoms with Crippen molar-refractivity contribution >= 4 is 29.1 Å². The summed E-state index contributed by atoms with van der Waals surface area (Å²) in [5.41, 5.74) is 1.39. The Hall–Kier alpha value is -1.58. The summed E-state index contributed by atoms with van der Waals surface area (Å²) in [5, 5.41) is 3.70. The van der Waals surface area contributed by atoms with Crippen molar-refractivity contribution in [2.45, 2.75) is 6.42 Å². The quantitative estimate of drug-likeness (QED) is 0.939. The van der Waals surface area contributed by atoms with Gasteiger partial charge in [-0.3, -0.25) is 9.78 Å². The molecule has 0 aliphatic heterocycles. The summed E-state index contributed by atoms with van der Waals surface area (Å²) in [6.45, 7) is 0.514. The molecule has 0 radical (unpaired) electrons. The van der Waals surface area contributed by atoms with Crippen molar-refractivity contribution < 1.29 is 4.79 Å². The molecule has 0 bridgehead atoms. The average molecular weight is 295 g/mol. The third kappa shape index (κ3) is 4.23. The molecule has 1 aromatic heterocycles. The van der Waals surface area contributed by atoms with Gasteiger partial charge in [-0.05, 0) is 30.3 Å². The highest BCUT2D eigenvalue weighted by Crippen LogP contribution is 2.18. The van der Waals surface area contributed by atoms with Gasteiger partial charge in [-0.2, -0.15) is 0 Å². The lowest BCUT2D eigenvalue weighted by molar-refractivity contribution is 0.0954. The molecule has 2 rings (SSSR count). The molecule has 0 saturated carbocycles. The fraction of sp³-hybridized carbons (Fsp3) is 0.143. The number of carbonyl (C=O) groups is 1. The first-order valence-electron chi connectivity index (χ1n) is 5.79. The Morgan fingerprint density at radius 3 is 2.53 bits per heavy atom. The predicted molar refractivity (Wildman–Crippen MR) is 76.7 cm³/mol. The molecule has 0 atom stereocenters. The summed E-state index contributed by atoms with van der Waals surface area (Å²) < 4.78 is 0. The van der Waals surface area contributed by atoms with Gasteiger partial charge in [-0.25, -0.2) is 0 Å². The van der Waals surface area contributed by atoms with E-state index in [4.69, 9.17) is 23.2 Å². The predicted octanol–water partition coefficient (Wildman–Crippen LogP) is 3.36. The number of hydrogen-bond acceptors (Lipinski definition) is 2. The van der Waals surface area contributed by atoms with Crippen molar-refractivity contribution in [1.82, 2.24) is 10.3 Å². The molecule has 0 spiro atoms. The number of benzene rings is 1. The lowest BCUT2D eigenvalue weighted by atomic mass is 10.2. The van der Waals surface area contributed by atoms with Crippen LogP contribution in [0, 0.1) is 0 Å². The van der Waals surface area contributed by atoms with Gasteiger partial charge in [0.05, 0.1) is 0 Å². The molecule has 1 heterocycles. The summed E-state index contributed by atoms with van der Waals surface area (Å²) in [7, 11) is 0. The number of halogens is 2. The molecule has 1 amide bonds. The third-order valence-electron chi connectivity index (χ3n) is 2.52. The first-order valence-corrected chi connectivity index (χ1v) is 6.55. The van der Waals surface area contributed by atoms with Crippen molar-refractivity contribution in [2.75, 3.05) is 6.54 Å². The normalized spacial score (nSPS) is 10.2. The van der Waals surface area contributed by atoms with E-state index in [0.717, 1.165) is 5.69 Å². The molecule has 2 aromatic rings. The smallest absolute Gasteiger partial charge is 0.251 e. The Morgan fingerprint density at radius 2 is 1.89 bits per heavy atom. The number of aromatic nitrogens is 1. The van der Waals surface area contributed by atoms with Crippen LogP contribution in [0.25, 0.3) is 0 Å². The van der Waals surface area contributed by atoms with E-state index < -0.39 is 0 Å². The minimum absolute atomic E-state index is 0.194. The molecule has 5 heteroatoms. The van der Waals surface area contributed by atoms with Crippen LogP contribution in [0.4, 0.5) is 0 Å². The standard InChI is InChI=1S/C14H12Cl2N2O/c15-11-7-10(8-12(16)9-11)14(19)18-6-4-13-3-1-2-5-17-13/h1-3,5,7-9H,4,6H2,(H,18,19). The highest BCUT2D eigenvalue weighted by Gasteiger charge is 2.07. The molecule has 3 nitrogen and oxygen atoms in total. The fourth-order valence-corrected chi connectivity index (χ4v) is 2.16. The van der Waals surface area contributed by atoms with E-state index in [1.807, 2.05) is 18.2 Å². The molecule has 1 aromatic carbocycles. The minimum atomic E-state index is -0.194. The van der Waals surface area contributed by atoms with E-state index in [9.17, 15) is 4.79 Å². The van der Waals surface area contributed by atoms with Gasteiger partial charge in [0.1, 0.15) is 0 Å². The number of nitrogens with one attached hydrogen (secondary N) is 1. The summed E-state index contributed by atoms with van der Waals surface area (Å²) in [6.07, 6.45) is 2.41. The Morgan fingerprint density at radius 1 is 1.16 bits per heavy atom. The second kappa shape index (κ2) is 6.55. The molecule has 0 aliphatic rings. The lowest BCUT2D eigenvalue weighted by Crippen LogP contribution is -2.25. The topological polar surface area (TPSA) is 42.0 Å². The largest absolute Gasteiger partial charge is 0.352 e. The number of pyridine rings is 1. The van der Waals surface area contributed by atoms with Crippen LogP contribution >= 0.6 is 23.2 Å². The maximum atomic E-state index is 11.9. The van der Waals surface area contributed by atoms with E-state index in [1.165, 1.54) is 0 Å². The molecule has 0 saturated heterocycles. The van der Waals surface area contributed by atoms with Gasteiger partial charge in [0, 0.05) is 40.5 Å². The zero-order valence-electron chi connectivity index (χ0n) is 10.1. The summed E-state index contributed by atoms with van der Waals surface area (Å²) >= 11 is 11.7. The maximum absolute atomic E-state index is 11.9. The number of hydrogen-bond donors (Lipinski definition) is 1.